The van der Waals surface area contributed by atoms with E-state index in [1.165, 1.54) is 5.56 Å². The summed E-state index contributed by atoms with van der Waals surface area (Å²) in [6.07, 6.45) is 1.84. The van der Waals surface area contributed by atoms with Crippen molar-refractivity contribution in [1.82, 2.24) is 9.97 Å². The normalized spacial score (nSPS) is 10.7. The van der Waals surface area contributed by atoms with Crippen LogP contribution in [0.4, 0.5) is 5.82 Å². The number of rotatable bonds is 3. The molecule has 2 heterocycles. The second-order valence-corrected chi connectivity index (χ2v) is 7.98. The lowest BCUT2D eigenvalue weighted by atomic mass is 10.1. The smallest absolute Gasteiger partial charge is 0.127 e. The molecule has 4 heteroatoms. The summed E-state index contributed by atoms with van der Waals surface area (Å²) >= 11 is 5.96. The topological polar surface area (TPSA) is 37.8 Å². The third-order valence-corrected chi connectivity index (χ3v) is 4.98. The molecular formula is C26H22ClN3. The van der Waals surface area contributed by atoms with Crippen molar-refractivity contribution in [3.8, 4) is 23.0 Å². The van der Waals surface area contributed by atoms with E-state index in [2.05, 4.69) is 55.0 Å². The molecule has 0 spiro atoms. The number of halogens is 1. The maximum Gasteiger partial charge on any atom is 0.127 e. The number of fused-ring (bicyclic) bond motifs is 1. The van der Waals surface area contributed by atoms with E-state index in [0.717, 1.165) is 44.1 Å². The minimum atomic E-state index is 0.345. The first-order valence-corrected chi connectivity index (χ1v) is 10.3. The van der Waals surface area contributed by atoms with Gasteiger partial charge in [-0.05, 0) is 80.3 Å². The number of aromatic nitrogens is 2. The molecule has 0 radical (unpaired) electrons. The molecule has 0 amide bonds. The number of hydrogen-bond acceptors (Lipinski definition) is 3. The van der Waals surface area contributed by atoms with Crippen LogP contribution in [0.1, 0.15) is 30.7 Å². The van der Waals surface area contributed by atoms with Crippen molar-refractivity contribution in [2.45, 2.75) is 26.8 Å². The monoisotopic (exact) mass is 411 g/mol. The van der Waals surface area contributed by atoms with Gasteiger partial charge in [0.15, 0.2) is 0 Å². The maximum absolute atomic E-state index is 5.96. The maximum atomic E-state index is 5.96. The Bertz CT molecular complexity index is 1250. The Morgan fingerprint density at radius 1 is 0.900 bits per heavy atom. The van der Waals surface area contributed by atoms with Gasteiger partial charge >= 0.3 is 0 Å². The average Bonchev–Trinajstić information content (AvgIpc) is 2.73. The highest BCUT2D eigenvalue weighted by Crippen LogP contribution is 2.22. The second kappa shape index (κ2) is 8.57. The molecule has 0 fully saturated rings. The first-order valence-electron chi connectivity index (χ1n) is 9.90. The van der Waals surface area contributed by atoms with Gasteiger partial charge in [-0.2, -0.15) is 0 Å². The summed E-state index contributed by atoms with van der Waals surface area (Å²) in [5.74, 6) is 7.28. The Hall–Kier alpha value is -3.35. The summed E-state index contributed by atoms with van der Waals surface area (Å²) in [5, 5.41) is 5.20. The molecule has 0 saturated carbocycles. The van der Waals surface area contributed by atoms with Gasteiger partial charge in [-0.3, -0.25) is 0 Å². The minimum absolute atomic E-state index is 0.345. The van der Waals surface area contributed by atoms with Gasteiger partial charge in [-0.1, -0.05) is 35.7 Å². The van der Waals surface area contributed by atoms with Gasteiger partial charge in [0.2, 0.25) is 0 Å². The highest BCUT2D eigenvalue weighted by atomic mass is 35.5. The summed E-state index contributed by atoms with van der Waals surface area (Å²) in [5.41, 5.74) is 5.94. The third kappa shape index (κ3) is 4.62. The number of anilines is 1. The largest absolute Gasteiger partial charge is 0.368 e. The molecule has 0 atom stereocenters. The number of pyridine rings is 2. The molecule has 0 aliphatic heterocycles. The quantitative estimate of drug-likeness (QED) is 0.392. The zero-order valence-electron chi connectivity index (χ0n) is 17.2. The molecule has 1 N–H and O–H groups in total. The summed E-state index contributed by atoms with van der Waals surface area (Å²) in [7, 11) is 0. The van der Waals surface area contributed by atoms with Gasteiger partial charge in [0, 0.05) is 33.8 Å². The summed E-state index contributed by atoms with van der Waals surface area (Å²) in [6, 6.07) is 20.2. The Morgan fingerprint density at radius 2 is 1.67 bits per heavy atom. The van der Waals surface area contributed by atoms with Crippen molar-refractivity contribution < 1.29 is 0 Å². The van der Waals surface area contributed by atoms with Crippen molar-refractivity contribution in [2.75, 3.05) is 5.32 Å². The molecule has 0 bridgehead atoms. The van der Waals surface area contributed by atoms with Crippen LogP contribution < -0.4 is 5.32 Å². The van der Waals surface area contributed by atoms with Crippen molar-refractivity contribution in [2.24, 2.45) is 0 Å². The minimum Gasteiger partial charge on any atom is -0.368 e. The zero-order valence-corrected chi connectivity index (χ0v) is 18.0. The number of nitrogens with zero attached hydrogens (tertiary/aromatic N) is 2. The molecule has 0 unspecified atom stereocenters. The van der Waals surface area contributed by atoms with Crippen molar-refractivity contribution in [1.29, 1.82) is 0 Å². The number of aryl methyl sites for hydroxylation is 1. The molecule has 30 heavy (non-hydrogen) atoms. The lowest BCUT2D eigenvalue weighted by Crippen LogP contribution is -2.11. The van der Waals surface area contributed by atoms with Gasteiger partial charge in [0.1, 0.15) is 11.5 Å². The van der Waals surface area contributed by atoms with Crippen LogP contribution in [0.2, 0.25) is 5.02 Å². The van der Waals surface area contributed by atoms with Crippen LogP contribution in [0, 0.1) is 18.8 Å². The fraction of sp³-hybridized carbons (Fsp3) is 0.154. The Labute approximate surface area is 182 Å². The van der Waals surface area contributed by atoms with Gasteiger partial charge in [-0.15, -0.1) is 0 Å². The van der Waals surface area contributed by atoms with Crippen LogP contribution in [0.25, 0.3) is 22.0 Å². The average molecular weight is 412 g/mol. The SMILES string of the molecule is Cc1cc(NC(C)C)nc2ccc(C#Cc3ccc(-c4ccc(Cl)cc4)cn3)cc12. The fourth-order valence-electron chi connectivity index (χ4n) is 3.26. The van der Waals surface area contributed by atoms with Crippen molar-refractivity contribution in [3.05, 3.63) is 88.7 Å². The molecule has 3 nitrogen and oxygen atoms in total. The standard InChI is InChI=1S/C26H22ClN3/c1-17(2)29-26-14-18(3)24-15-19(5-13-25(24)30-26)4-11-23-12-8-21(16-28-23)20-6-9-22(27)10-7-20/h5-10,12-17H,1-3H3,(H,29,30). The van der Waals surface area contributed by atoms with E-state index in [-0.39, 0.29) is 0 Å². The lowest BCUT2D eigenvalue weighted by molar-refractivity contribution is 0.891. The Balaban J connectivity index is 1.57. The third-order valence-electron chi connectivity index (χ3n) is 4.73. The molecule has 0 saturated heterocycles. The zero-order chi connectivity index (χ0) is 21.1. The molecule has 4 aromatic rings. The molecule has 4 rings (SSSR count). The summed E-state index contributed by atoms with van der Waals surface area (Å²) < 4.78 is 0. The van der Waals surface area contributed by atoms with E-state index in [9.17, 15) is 0 Å². The molecule has 0 aliphatic carbocycles. The lowest BCUT2D eigenvalue weighted by Gasteiger charge is -2.11. The summed E-state index contributed by atoms with van der Waals surface area (Å²) in [4.78, 5) is 9.18. The van der Waals surface area contributed by atoms with E-state index in [1.807, 2.05) is 54.7 Å². The van der Waals surface area contributed by atoms with Crippen LogP contribution in [0.15, 0.2) is 66.9 Å². The van der Waals surface area contributed by atoms with Gasteiger partial charge < -0.3 is 5.32 Å². The fourth-order valence-corrected chi connectivity index (χ4v) is 3.38. The number of benzene rings is 2. The van der Waals surface area contributed by atoms with E-state index >= 15 is 0 Å². The number of hydrogen-bond donors (Lipinski definition) is 1. The predicted octanol–water partition coefficient (Wildman–Crippen LogP) is 6.48. The molecular weight excluding hydrogens is 390 g/mol. The Morgan fingerprint density at radius 3 is 2.37 bits per heavy atom. The van der Waals surface area contributed by atoms with Crippen LogP contribution >= 0.6 is 11.6 Å². The van der Waals surface area contributed by atoms with Gasteiger partial charge in [0.05, 0.1) is 5.52 Å². The molecule has 148 valence electrons. The molecule has 2 aromatic heterocycles. The first kappa shape index (κ1) is 19.9. The first-order chi connectivity index (χ1) is 14.5. The van der Waals surface area contributed by atoms with Crippen LogP contribution in [-0.2, 0) is 0 Å². The highest BCUT2D eigenvalue weighted by Gasteiger charge is 2.05. The predicted molar refractivity (Wildman–Crippen MR) is 126 cm³/mol. The van der Waals surface area contributed by atoms with Crippen LogP contribution in [-0.4, -0.2) is 16.0 Å². The van der Waals surface area contributed by atoms with E-state index < -0.39 is 0 Å². The van der Waals surface area contributed by atoms with E-state index in [1.54, 1.807) is 0 Å². The van der Waals surface area contributed by atoms with E-state index in [0.29, 0.717) is 6.04 Å². The van der Waals surface area contributed by atoms with Crippen molar-refractivity contribution in [3.63, 3.8) is 0 Å². The van der Waals surface area contributed by atoms with Crippen molar-refractivity contribution >= 4 is 28.3 Å². The van der Waals surface area contributed by atoms with Crippen LogP contribution in [0.5, 0.6) is 0 Å². The van der Waals surface area contributed by atoms with E-state index in [4.69, 9.17) is 16.6 Å². The van der Waals surface area contributed by atoms with Crippen LogP contribution in [0.3, 0.4) is 0 Å². The highest BCUT2D eigenvalue weighted by molar-refractivity contribution is 6.30. The Kier molecular flexibility index (Phi) is 5.70. The molecule has 2 aromatic carbocycles. The second-order valence-electron chi connectivity index (χ2n) is 7.54. The van der Waals surface area contributed by atoms with Gasteiger partial charge in [-0.25, -0.2) is 9.97 Å². The van der Waals surface area contributed by atoms with Gasteiger partial charge in [0.25, 0.3) is 0 Å². The summed E-state index contributed by atoms with van der Waals surface area (Å²) in [6.45, 7) is 6.32. The molecule has 0 aliphatic rings. The number of nitrogens with one attached hydrogen (secondary N) is 1.